The zero-order chi connectivity index (χ0) is 13.7. The Labute approximate surface area is 116 Å². The van der Waals surface area contributed by atoms with Gasteiger partial charge in [-0.3, -0.25) is 4.79 Å². The topological polar surface area (TPSA) is 46.4 Å². The lowest BCUT2D eigenvalue weighted by atomic mass is 10.2. The number of nitrogens with zero attached hydrogens (tertiary/aromatic N) is 2. The van der Waals surface area contributed by atoms with Crippen molar-refractivity contribution in [2.24, 2.45) is 5.10 Å². The quantitative estimate of drug-likeness (QED) is 0.677. The number of hydrazone groups is 1. The van der Waals surface area contributed by atoms with Crippen molar-refractivity contribution in [1.82, 2.24) is 9.99 Å². The molecular weight excluding hydrogens is 262 g/mol. The van der Waals surface area contributed by atoms with Gasteiger partial charge < -0.3 is 4.57 Å². The van der Waals surface area contributed by atoms with Crippen LogP contribution in [-0.4, -0.2) is 16.7 Å². The summed E-state index contributed by atoms with van der Waals surface area (Å²) >= 11 is 5.93. The van der Waals surface area contributed by atoms with Gasteiger partial charge in [0.2, 0.25) is 0 Å². The number of nitrogens with one attached hydrogen (secondary N) is 1. The van der Waals surface area contributed by atoms with E-state index in [4.69, 9.17) is 11.6 Å². The molecule has 98 valence electrons. The van der Waals surface area contributed by atoms with Crippen LogP contribution in [0.1, 0.15) is 23.0 Å². The molecule has 1 amide bonds. The van der Waals surface area contributed by atoms with Crippen molar-refractivity contribution >= 4 is 23.7 Å². The fourth-order valence-corrected chi connectivity index (χ4v) is 1.92. The Morgan fingerprint density at radius 2 is 2.16 bits per heavy atom. The van der Waals surface area contributed by atoms with Gasteiger partial charge in [0.05, 0.1) is 22.5 Å². The molecule has 0 aliphatic rings. The van der Waals surface area contributed by atoms with Gasteiger partial charge in [-0.25, -0.2) is 5.43 Å². The molecule has 2 aromatic rings. The molecule has 4 nitrogen and oxygen atoms in total. The van der Waals surface area contributed by atoms with Gasteiger partial charge >= 0.3 is 0 Å². The maximum absolute atomic E-state index is 11.8. The molecule has 0 saturated heterocycles. The van der Waals surface area contributed by atoms with E-state index in [2.05, 4.69) is 10.5 Å². The number of hydrogen-bond acceptors (Lipinski definition) is 2. The number of rotatable bonds is 4. The first kappa shape index (κ1) is 13.4. The zero-order valence-corrected chi connectivity index (χ0v) is 11.3. The van der Waals surface area contributed by atoms with Crippen LogP contribution in [0, 0.1) is 0 Å². The van der Waals surface area contributed by atoms with E-state index in [0.29, 0.717) is 10.6 Å². The maximum atomic E-state index is 11.8. The molecule has 0 radical (unpaired) electrons. The van der Waals surface area contributed by atoms with E-state index in [-0.39, 0.29) is 5.91 Å². The Bertz CT molecular complexity index is 604. The Balaban J connectivity index is 2.03. The van der Waals surface area contributed by atoms with Crippen LogP contribution < -0.4 is 5.43 Å². The fourth-order valence-electron chi connectivity index (χ4n) is 1.70. The lowest BCUT2D eigenvalue weighted by Gasteiger charge is -2.02. The van der Waals surface area contributed by atoms with Crippen molar-refractivity contribution < 1.29 is 4.79 Å². The van der Waals surface area contributed by atoms with Gasteiger partial charge in [0.1, 0.15) is 0 Å². The van der Waals surface area contributed by atoms with Gasteiger partial charge in [-0.1, -0.05) is 23.7 Å². The summed E-state index contributed by atoms with van der Waals surface area (Å²) < 4.78 is 2.02. The average Bonchev–Trinajstić information content (AvgIpc) is 2.86. The van der Waals surface area contributed by atoms with Crippen LogP contribution in [0.3, 0.4) is 0 Å². The van der Waals surface area contributed by atoms with Crippen LogP contribution in [0.5, 0.6) is 0 Å². The van der Waals surface area contributed by atoms with Crippen molar-refractivity contribution in [3.63, 3.8) is 0 Å². The Kier molecular flexibility index (Phi) is 4.36. The number of benzene rings is 1. The summed E-state index contributed by atoms with van der Waals surface area (Å²) in [6.45, 7) is 2.90. The van der Waals surface area contributed by atoms with Crippen molar-refractivity contribution in [2.45, 2.75) is 13.5 Å². The van der Waals surface area contributed by atoms with Gasteiger partial charge in [0.25, 0.3) is 5.91 Å². The number of carbonyl (C=O) groups excluding carboxylic acids is 1. The molecule has 5 heteroatoms. The summed E-state index contributed by atoms with van der Waals surface area (Å²) in [6.07, 6.45) is 3.56. The minimum atomic E-state index is -0.323. The molecule has 1 aromatic heterocycles. The highest BCUT2D eigenvalue weighted by Crippen LogP contribution is 2.14. The number of aryl methyl sites for hydroxylation is 1. The normalized spacial score (nSPS) is 10.8. The van der Waals surface area contributed by atoms with E-state index in [0.717, 1.165) is 12.2 Å². The van der Waals surface area contributed by atoms with Crippen LogP contribution in [0.2, 0.25) is 5.02 Å². The first-order chi connectivity index (χ1) is 9.22. The van der Waals surface area contributed by atoms with Gasteiger partial charge in [-0.05, 0) is 31.2 Å². The highest BCUT2D eigenvalue weighted by atomic mass is 35.5. The SMILES string of the molecule is CCn1cccc1/C=N\NC(=O)c1ccccc1Cl. The molecule has 19 heavy (non-hydrogen) atoms. The Morgan fingerprint density at radius 1 is 1.37 bits per heavy atom. The number of halogens is 1. The third-order valence-corrected chi connectivity index (χ3v) is 3.02. The summed E-state index contributed by atoms with van der Waals surface area (Å²) in [7, 11) is 0. The van der Waals surface area contributed by atoms with E-state index >= 15 is 0 Å². The minimum Gasteiger partial charge on any atom is -0.347 e. The second-order valence-corrected chi connectivity index (χ2v) is 4.31. The predicted octanol–water partition coefficient (Wildman–Crippen LogP) is 2.93. The molecule has 0 aliphatic carbocycles. The van der Waals surface area contributed by atoms with E-state index < -0.39 is 0 Å². The van der Waals surface area contributed by atoms with Crippen LogP contribution in [0.4, 0.5) is 0 Å². The second kappa shape index (κ2) is 6.20. The van der Waals surface area contributed by atoms with E-state index in [1.54, 1.807) is 30.5 Å². The zero-order valence-electron chi connectivity index (χ0n) is 10.5. The molecule has 1 aromatic carbocycles. The van der Waals surface area contributed by atoms with Crippen LogP contribution in [-0.2, 0) is 6.54 Å². The van der Waals surface area contributed by atoms with Crippen LogP contribution in [0.25, 0.3) is 0 Å². The van der Waals surface area contributed by atoms with Gasteiger partial charge in [0, 0.05) is 12.7 Å². The lowest BCUT2D eigenvalue weighted by molar-refractivity contribution is 0.0955. The first-order valence-corrected chi connectivity index (χ1v) is 6.33. The largest absolute Gasteiger partial charge is 0.347 e. The molecule has 1 N–H and O–H groups in total. The highest BCUT2D eigenvalue weighted by Gasteiger charge is 2.07. The fraction of sp³-hybridized carbons (Fsp3) is 0.143. The third kappa shape index (κ3) is 3.23. The monoisotopic (exact) mass is 275 g/mol. The van der Waals surface area contributed by atoms with E-state index in [1.165, 1.54) is 0 Å². The summed E-state index contributed by atoms with van der Waals surface area (Å²) in [4.78, 5) is 11.8. The van der Waals surface area contributed by atoms with E-state index in [1.807, 2.05) is 29.8 Å². The minimum absolute atomic E-state index is 0.323. The lowest BCUT2D eigenvalue weighted by Crippen LogP contribution is -2.18. The molecule has 0 spiro atoms. The van der Waals surface area contributed by atoms with Crippen molar-refractivity contribution in [3.05, 3.63) is 58.9 Å². The molecule has 2 rings (SSSR count). The predicted molar refractivity (Wildman–Crippen MR) is 76.6 cm³/mol. The molecule has 0 bridgehead atoms. The molecule has 0 atom stereocenters. The smallest absolute Gasteiger partial charge is 0.272 e. The van der Waals surface area contributed by atoms with Gasteiger partial charge in [0.15, 0.2) is 0 Å². The standard InChI is InChI=1S/C14H14ClN3O/c1-2-18-9-5-6-11(18)10-16-17-14(19)12-7-3-4-8-13(12)15/h3-10H,2H2,1H3,(H,17,19)/b16-10-. The Hall–Kier alpha value is -2.07. The third-order valence-electron chi connectivity index (χ3n) is 2.69. The van der Waals surface area contributed by atoms with Gasteiger partial charge in [-0.15, -0.1) is 0 Å². The number of amides is 1. The summed E-state index contributed by atoms with van der Waals surface area (Å²) in [6, 6.07) is 10.7. The van der Waals surface area contributed by atoms with Gasteiger partial charge in [-0.2, -0.15) is 5.10 Å². The number of carbonyl (C=O) groups is 1. The maximum Gasteiger partial charge on any atom is 0.272 e. The molecule has 0 saturated carbocycles. The van der Waals surface area contributed by atoms with E-state index in [9.17, 15) is 4.79 Å². The molecule has 0 fully saturated rings. The summed E-state index contributed by atoms with van der Waals surface area (Å²) in [5.74, 6) is -0.323. The number of hydrogen-bond donors (Lipinski definition) is 1. The molecule has 1 heterocycles. The molecule has 0 unspecified atom stereocenters. The van der Waals surface area contributed by atoms with Crippen molar-refractivity contribution in [1.29, 1.82) is 0 Å². The van der Waals surface area contributed by atoms with Crippen molar-refractivity contribution in [3.8, 4) is 0 Å². The average molecular weight is 276 g/mol. The van der Waals surface area contributed by atoms with Crippen LogP contribution >= 0.6 is 11.6 Å². The molecule has 0 aliphatic heterocycles. The summed E-state index contributed by atoms with van der Waals surface area (Å²) in [5.41, 5.74) is 3.80. The molecular formula is C14H14ClN3O. The number of aromatic nitrogens is 1. The van der Waals surface area contributed by atoms with Crippen LogP contribution in [0.15, 0.2) is 47.7 Å². The summed E-state index contributed by atoms with van der Waals surface area (Å²) in [5, 5.41) is 4.35. The first-order valence-electron chi connectivity index (χ1n) is 5.95. The van der Waals surface area contributed by atoms with Crippen molar-refractivity contribution in [2.75, 3.05) is 0 Å². The Morgan fingerprint density at radius 3 is 2.89 bits per heavy atom. The second-order valence-electron chi connectivity index (χ2n) is 3.90. The highest BCUT2D eigenvalue weighted by molar-refractivity contribution is 6.33.